The molecule has 2 atom stereocenters. The molecule has 3 aliphatic heterocycles. The minimum absolute atomic E-state index is 0.00615. The second-order valence-electron chi connectivity index (χ2n) is 29.4. The molecule has 5 heterocycles. The van der Waals surface area contributed by atoms with Gasteiger partial charge in [0.15, 0.2) is 0 Å². The van der Waals surface area contributed by atoms with E-state index in [0.29, 0.717) is 0 Å². The van der Waals surface area contributed by atoms with Gasteiger partial charge in [-0.15, -0.1) is 22.7 Å². The molecule has 5 aliphatic rings. The average molecular weight is 1130 g/mol. The van der Waals surface area contributed by atoms with E-state index < -0.39 is 0 Å². The van der Waals surface area contributed by atoms with Gasteiger partial charge in [-0.2, -0.15) is 0 Å². The lowest BCUT2D eigenvalue weighted by Gasteiger charge is -2.51. The number of rotatable bonds is 4. The number of nitrogens with zero attached hydrogens (tertiary/aromatic N) is 3. The minimum Gasteiger partial charge on any atom is -0.334 e. The molecule has 0 radical (unpaired) electrons. The summed E-state index contributed by atoms with van der Waals surface area (Å²) in [5.41, 5.74) is 23.8. The Kier molecular flexibility index (Phi) is 11.1. The fourth-order valence-corrected chi connectivity index (χ4v) is 19.0. The fraction of sp³-hybridized carbons (Fsp3) is 0.308. The van der Waals surface area contributed by atoms with Gasteiger partial charge in [0.25, 0.3) is 6.71 Å². The molecule has 0 bridgehead atoms. The van der Waals surface area contributed by atoms with Gasteiger partial charge in [0, 0.05) is 75.4 Å². The Morgan fingerprint density at radius 3 is 1.65 bits per heavy atom. The van der Waals surface area contributed by atoms with Gasteiger partial charge in [-0.05, 0) is 170 Å². The smallest absolute Gasteiger partial charge is 0.254 e. The Bertz CT molecular complexity index is 4600. The van der Waals surface area contributed by atoms with E-state index in [4.69, 9.17) is 0 Å². The fourth-order valence-electron chi connectivity index (χ4n) is 16.5. The largest absolute Gasteiger partial charge is 0.334 e. The molecule has 6 heteroatoms. The summed E-state index contributed by atoms with van der Waals surface area (Å²) in [6.07, 6.45) is 7.02. The molecule has 2 aliphatic carbocycles. The van der Waals surface area contributed by atoms with Crippen molar-refractivity contribution in [2.45, 2.75) is 154 Å². The van der Waals surface area contributed by atoms with Crippen molar-refractivity contribution in [2.24, 2.45) is 0 Å². The monoisotopic (exact) mass is 1130 g/mol. The van der Waals surface area contributed by atoms with Crippen molar-refractivity contribution in [2.75, 3.05) is 14.7 Å². The zero-order valence-electron chi connectivity index (χ0n) is 51.1. The van der Waals surface area contributed by atoms with E-state index in [0.717, 1.165) is 25.7 Å². The Balaban J connectivity index is 1.10. The van der Waals surface area contributed by atoms with Crippen molar-refractivity contribution in [1.82, 2.24) is 0 Å². The third-order valence-electron chi connectivity index (χ3n) is 21.6. The Hall–Kier alpha value is -7.12. The molecule has 9 aromatic carbocycles. The summed E-state index contributed by atoms with van der Waals surface area (Å²) in [6, 6.07) is 67.5. The summed E-state index contributed by atoms with van der Waals surface area (Å²) < 4.78 is 5.37. The van der Waals surface area contributed by atoms with E-state index in [1.165, 1.54) is 154 Å². The number of hydrogen-bond donors (Lipinski definition) is 0. The zero-order chi connectivity index (χ0) is 57.8. The van der Waals surface area contributed by atoms with E-state index in [1.54, 1.807) is 0 Å². The van der Waals surface area contributed by atoms with Crippen molar-refractivity contribution in [3.63, 3.8) is 0 Å². The predicted octanol–water partition coefficient (Wildman–Crippen LogP) is 20.9. The molecule has 0 saturated heterocycles. The van der Waals surface area contributed by atoms with Crippen LogP contribution in [0.15, 0.2) is 170 Å². The van der Waals surface area contributed by atoms with Crippen LogP contribution in [0, 0.1) is 0 Å². The summed E-state index contributed by atoms with van der Waals surface area (Å²) in [5.74, 6) is 0. The first-order chi connectivity index (χ1) is 40.1. The molecular weight excluding hydrogens is 1050 g/mol. The lowest BCUT2D eigenvalue weighted by Crippen LogP contribution is -2.62. The highest BCUT2D eigenvalue weighted by Gasteiger charge is 2.59. The molecule has 1 fully saturated rings. The Labute approximate surface area is 506 Å². The lowest BCUT2D eigenvalue weighted by atomic mass is 9.33. The number of thiophene rings is 2. The lowest BCUT2D eigenvalue weighted by molar-refractivity contribution is 0.195. The maximum atomic E-state index is 2.87. The predicted molar refractivity (Wildman–Crippen MR) is 367 cm³/mol. The van der Waals surface area contributed by atoms with Gasteiger partial charge in [0.2, 0.25) is 0 Å². The van der Waals surface area contributed by atoms with Crippen molar-refractivity contribution in [1.29, 1.82) is 0 Å². The van der Waals surface area contributed by atoms with Crippen LogP contribution in [0.2, 0.25) is 0 Å². The number of benzene rings is 9. The van der Waals surface area contributed by atoms with Crippen molar-refractivity contribution in [3.05, 3.63) is 198 Å². The molecule has 418 valence electrons. The Morgan fingerprint density at radius 1 is 0.417 bits per heavy atom. The molecule has 11 aromatic rings. The van der Waals surface area contributed by atoms with Crippen LogP contribution in [-0.4, -0.2) is 12.3 Å². The molecule has 0 spiro atoms. The summed E-state index contributed by atoms with van der Waals surface area (Å²) >= 11 is 3.94. The molecule has 0 amide bonds. The molecule has 1 saturated carbocycles. The van der Waals surface area contributed by atoms with Crippen LogP contribution in [0.3, 0.4) is 0 Å². The summed E-state index contributed by atoms with van der Waals surface area (Å²) in [7, 11) is 0. The average Bonchev–Trinajstić information content (AvgIpc) is 1.19. The van der Waals surface area contributed by atoms with Crippen LogP contribution in [0.5, 0.6) is 0 Å². The first-order valence-corrected chi connectivity index (χ1v) is 32.7. The molecule has 16 rings (SSSR count). The minimum atomic E-state index is -0.188. The maximum Gasteiger partial charge on any atom is 0.254 e. The third kappa shape index (κ3) is 7.29. The Morgan fingerprint density at radius 2 is 0.976 bits per heavy atom. The second kappa shape index (κ2) is 17.7. The van der Waals surface area contributed by atoms with Crippen LogP contribution in [0.1, 0.15) is 149 Å². The van der Waals surface area contributed by atoms with Gasteiger partial charge in [-0.3, -0.25) is 0 Å². The maximum absolute atomic E-state index is 2.87. The highest BCUT2D eigenvalue weighted by molar-refractivity contribution is 7.28. The van der Waals surface area contributed by atoms with Gasteiger partial charge < -0.3 is 14.7 Å². The van der Waals surface area contributed by atoms with E-state index in [-0.39, 0.29) is 39.3 Å². The molecule has 3 nitrogen and oxygen atoms in total. The van der Waals surface area contributed by atoms with Crippen LogP contribution in [0.25, 0.3) is 51.5 Å². The standard InChI is InChI=1S/C78H76BN3S2/c1-73(2,3)48-31-34-60(55(41-48)47-23-14-13-15-24-47)80-62-36-33-54-52-26-17-19-30-68(52)84-72(54)70(62)79-59-45-56-57(76(9,10)40-39-75(56,7)8)46-64(59)81(63-28-22-27-53-51-25-16-18-29-67(51)83-71(53)63)66-44-50(43-65(80)69(66)79)82-61-35-32-49(74(4,5)6)42-58(61)77(11)37-20-21-38-78(77,82)12/h13-19,22-36,41-46H,20-21,37-40H2,1-12H3. The van der Waals surface area contributed by atoms with Crippen LogP contribution in [0.4, 0.5) is 45.5 Å². The van der Waals surface area contributed by atoms with E-state index >= 15 is 0 Å². The van der Waals surface area contributed by atoms with Gasteiger partial charge in [0.1, 0.15) is 0 Å². The number of anilines is 8. The summed E-state index contributed by atoms with van der Waals surface area (Å²) in [4.78, 5) is 8.42. The first kappa shape index (κ1) is 52.4. The highest BCUT2D eigenvalue weighted by Crippen LogP contribution is 2.63. The van der Waals surface area contributed by atoms with Gasteiger partial charge >= 0.3 is 0 Å². The number of hydrogen-bond acceptors (Lipinski definition) is 5. The van der Waals surface area contributed by atoms with Gasteiger partial charge in [0.05, 0.1) is 21.6 Å². The summed E-state index contributed by atoms with van der Waals surface area (Å²) in [6.45, 7) is 29.5. The van der Waals surface area contributed by atoms with E-state index in [9.17, 15) is 0 Å². The van der Waals surface area contributed by atoms with Crippen LogP contribution in [-0.2, 0) is 27.1 Å². The molecule has 2 unspecified atom stereocenters. The van der Waals surface area contributed by atoms with E-state index in [2.05, 4.69) is 268 Å². The first-order valence-electron chi connectivity index (χ1n) is 31.1. The zero-order valence-corrected chi connectivity index (χ0v) is 52.8. The topological polar surface area (TPSA) is 9.72 Å². The van der Waals surface area contributed by atoms with Crippen molar-refractivity contribution < 1.29 is 0 Å². The van der Waals surface area contributed by atoms with Crippen LogP contribution >= 0.6 is 22.7 Å². The van der Waals surface area contributed by atoms with Crippen molar-refractivity contribution in [3.8, 4) is 11.1 Å². The summed E-state index contributed by atoms with van der Waals surface area (Å²) in [5, 5.41) is 5.32. The van der Waals surface area contributed by atoms with Crippen LogP contribution < -0.4 is 31.1 Å². The third-order valence-corrected chi connectivity index (χ3v) is 24.0. The number of fused-ring (bicyclic) bond motifs is 15. The highest BCUT2D eigenvalue weighted by atomic mass is 32.1. The SMILES string of the molecule is CC(C)(C)c1ccc(N2c3cc(N4c5ccc(C(C)(C)C)cc5C5(C)CCCCC45C)cc4c3B(c3cc5c(cc3N4c3cccc4c3sc3ccccc34)C(C)(C)CCC5(C)C)c3c2ccc2c3sc3ccccc32)c(-c2ccccc2)c1. The second-order valence-corrected chi connectivity index (χ2v) is 31.5. The molecule has 2 aromatic heterocycles. The molecular formula is C78H76BN3S2. The quantitative estimate of drug-likeness (QED) is 0.163. The normalized spacial score (nSPS) is 20.3. The van der Waals surface area contributed by atoms with Gasteiger partial charge in [-0.1, -0.05) is 198 Å². The van der Waals surface area contributed by atoms with Crippen molar-refractivity contribution >= 4 is 132 Å². The van der Waals surface area contributed by atoms with E-state index in [1.807, 2.05) is 22.7 Å². The molecule has 0 N–H and O–H groups in total. The molecule has 84 heavy (non-hydrogen) atoms. The van der Waals surface area contributed by atoms with Gasteiger partial charge in [-0.25, -0.2) is 0 Å².